The van der Waals surface area contributed by atoms with Crippen LogP contribution in [0.3, 0.4) is 0 Å². The number of benzene rings is 2. The van der Waals surface area contributed by atoms with E-state index in [0.717, 1.165) is 22.1 Å². The summed E-state index contributed by atoms with van der Waals surface area (Å²) in [5, 5.41) is 9.61. The van der Waals surface area contributed by atoms with Gasteiger partial charge in [0.25, 0.3) is 0 Å². The molecule has 1 N–H and O–H groups in total. The van der Waals surface area contributed by atoms with Crippen LogP contribution in [-0.4, -0.2) is 37.8 Å². The summed E-state index contributed by atoms with van der Waals surface area (Å²) in [5.41, 5.74) is 0.987. The summed E-state index contributed by atoms with van der Waals surface area (Å²) < 4.78 is 5.89. The maximum Gasteiger partial charge on any atom is 0.347 e. The van der Waals surface area contributed by atoms with Gasteiger partial charge in [-0.3, -0.25) is 10.2 Å². The van der Waals surface area contributed by atoms with Gasteiger partial charge in [-0.1, -0.05) is 35.5 Å². The van der Waals surface area contributed by atoms with Gasteiger partial charge in [0.2, 0.25) is 0 Å². The number of amides is 2. The summed E-state index contributed by atoms with van der Waals surface area (Å²) in [7, 11) is 1.41. The third-order valence-corrected chi connectivity index (χ3v) is 4.35. The highest BCUT2D eigenvalue weighted by atomic mass is 16.7. The lowest BCUT2D eigenvalue weighted by Crippen LogP contribution is -2.40. The molecule has 0 saturated carbocycles. The molecular formula is C17H17N3O4. The van der Waals surface area contributed by atoms with Crippen LogP contribution in [0.1, 0.15) is 11.6 Å². The van der Waals surface area contributed by atoms with E-state index in [1.54, 1.807) is 0 Å². The molecule has 2 aromatic carbocycles. The Morgan fingerprint density at radius 3 is 3.08 bits per heavy atom. The van der Waals surface area contributed by atoms with Crippen LogP contribution in [0.2, 0.25) is 0 Å². The monoisotopic (exact) mass is 327 g/mol. The number of rotatable bonds is 2. The molecule has 0 aliphatic carbocycles. The number of urea groups is 1. The molecule has 7 heteroatoms. The molecule has 0 unspecified atom stereocenters. The minimum atomic E-state index is -0.385. The largest absolute Gasteiger partial charge is 0.493 e. The Hall–Kier alpha value is -2.80. The standard InChI is InChI=1S/C17H17N3O4/c1-22-19-10-18-17(21)20-16-12(9-24-20)8-23-14-7-6-11-4-2-3-5-13(11)15(14)16/h2-7,10,12,16H,8-9H2,1H3,(H,18,19,21)/t12-,16-/m1/s1. The number of hydrogen-bond donors (Lipinski definition) is 1. The van der Waals surface area contributed by atoms with Gasteiger partial charge in [-0.15, -0.1) is 0 Å². The van der Waals surface area contributed by atoms with Crippen molar-refractivity contribution < 1.29 is 19.2 Å². The summed E-state index contributed by atoms with van der Waals surface area (Å²) in [6.07, 6.45) is 1.20. The molecule has 4 rings (SSSR count). The molecule has 2 atom stereocenters. The van der Waals surface area contributed by atoms with Crippen molar-refractivity contribution in [2.75, 3.05) is 20.3 Å². The Labute approximate surface area is 138 Å². The molecule has 2 amide bonds. The fourth-order valence-electron chi connectivity index (χ4n) is 3.32. The molecule has 24 heavy (non-hydrogen) atoms. The summed E-state index contributed by atoms with van der Waals surface area (Å²) in [6, 6.07) is 11.5. The number of nitrogens with one attached hydrogen (secondary N) is 1. The average Bonchev–Trinajstić information content (AvgIpc) is 3.05. The van der Waals surface area contributed by atoms with Gasteiger partial charge >= 0.3 is 6.03 Å². The molecular weight excluding hydrogens is 310 g/mol. The molecule has 2 aromatic rings. The van der Waals surface area contributed by atoms with Crippen LogP contribution in [-0.2, 0) is 9.68 Å². The molecule has 2 aliphatic rings. The zero-order chi connectivity index (χ0) is 16.5. The molecule has 0 bridgehead atoms. The van der Waals surface area contributed by atoms with E-state index in [1.165, 1.54) is 18.5 Å². The second-order valence-electron chi connectivity index (χ2n) is 5.70. The van der Waals surface area contributed by atoms with Gasteiger partial charge in [-0.2, -0.15) is 5.06 Å². The number of hydroxylamine groups is 2. The molecule has 2 aliphatic heterocycles. The highest BCUT2D eigenvalue weighted by molar-refractivity contribution is 5.90. The van der Waals surface area contributed by atoms with Gasteiger partial charge in [-0.25, -0.2) is 4.79 Å². The first-order chi connectivity index (χ1) is 11.8. The van der Waals surface area contributed by atoms with E-state index in [0.29, 0.717) is 13.2 Å². The zero-order valence-corrected chi connectivity index (χ0v) is 13.1. The van der Waals surface area contributed by atoms with E-state index < -0.39 is 0 Å². The molecule has 7 nitrogen and oxygen atoms in total. The molecule has 0 spiro atoms. The number of fused-ring (bicyclic) bond motifs is 5. The van der Waals surface area contributed by atoms with Crippen LogP contribution in [0.25, 0.3) is 10.8 Å². The van der Waals surface area contributed by atoms with Crippen molar-refractivity contribution in [1.82, 2.24) is 10.4 Å². The van der Waals surface area contributed by atoms with Gasteiger partial charge in [0.15, 0.2) is 0 Å². The Morgan fingerprint density at radius 1 is 1.33 bits per heavy atom. The van der Waals surface area contributed by atoms with Gasteiger partial charge in [-0.05, 0) is 16.8 Å². The van der Waals surface area contributed by atoms with Crippen molar-refractivity contribution >= 4 is 23.1 Å². The third kappa shape index (κ3) is 2.33. The molecule has 0 aromatic heterocycles. The Kier molecular flexibility index (Phi) is 3.70. The van der Waals surface area contributed by atoms with E-state index in [1.807, 2.05) is 36.4 Å². The van der Waals surface area contributed by atoms with Crippen molar-refractivity contribution in [3.63, 3.8) is 0 Å². The number of carbonyl (C=O) groups excluding carboxylic acids is 1. The highest BCUT2D eigenvalue weighted by Crippen LogP contribution is 2.46. The van der Waals surface area contributed by atoms with Crippen LogP contribution < -0.4 is 10.1 Å². The van der Waals surface area contributed by atoms with Crippen LogP contribution in [0.5, 0.6) is 5.75 Å². The van der Waals surface area contributed by atoms with Gasteiger partial charge in [0.1, 0.15) is 19.2 Å². The first-order valence-corrected chi connectivity index (χ1v) is 7.71. The lowest BCUT2D eigenvalue weighted by atomic mass is 9.88. The normalized spacial score (nSPS) is 22.1. The van der Waals surface area contributed by atoms with E-state index in [-0.39, 0.29) is 18.0 Å². The third-order valence-electron chi connectivity index (χ3n) is 4.35. The smallest absolute Gasteiger partial charge is 0.347 e. The second kappa shape index (κ2) is 6.01. The maximum absolute atomic E-state index is 12.4. The number of carbonyl (C=O) groups is 1. The second-order valence-corrected chi connectivity index (χ2v) is 5.70. The van der Waals surface area contributed by atoms with E-state index in [2.05, 4.69) is 15.3 Å². The zero-order valence-electron chi connectivity index (χ0n) is 13.1. The topological polar surface area (TPSA) is 72.4 Å². The van der Waals surface area contributed by atoms with Gasteiger partial charge in [0.05, 0.1) is 19.3 Å². The van der Waals surface area contributed by atoms with Crippen LogP contribution in [0.4, 0.5) is 4.79 Å². The molecule has 0 radical (unpaired) electrons. The van der Waals surface area contributed by atoms with Crippen LogP contribution in [0, 0.1) is 5.92 Å². The van der Waals surface area contributed by atoms with Gasteiger partial charge in [0, 0.05) is 11.5 Å². The highest BCUT2D eigenvalue weighted by Gasteiger charge is 2.45. The molecule has 2 heterocycles. The number of nitrogens with zero attached hydrogens (tertiary/aromatic N) is 2. The van der Waals surface area contributed by atoms with Crippen molar-refractivity contribution in [3.8, 4) is 5.75 Å². The maximum atomic E-state index is 12.4. The fraction of sp³-hybridized carbons (Fsp3) is 0.294. The molecule has 1 saturated heterocycles. The Balaban J connectivity index is 1.75. The van der Waals surface area contributed by atoms with Crippen molar-refractivity contribution in [2.24, 2.45) is 11.1 Å². The average molecular weight is 327 g/mol. The minimum Gasteiger partial charge on any atom is -0.493 e. The quantitative estimate of drug-likeness (QED) is 0.522. The minimum absolute atomic E-state index is 0.0911. The molecule has 124 valence electrons. The number of ether oxygens (including phenoxy) is 1. The van der Waals surface area contributed by atoms with E-state index >= 15 is 0 Å². The van der Waals surface area contributed by atoms with E-state index in [9.17, 15) is 4.79 Å². The summed E-state index contributed by atoms with van der Waals surface area (Å²) in [6.45, 7) is 0.952. The van der Waals surface area contributed by atoms with Crippen molar-refractivity contribution in [3.05, 3.63) is 42.0 Å². The first kappa shape index (κ1) is 14.8. The number of hydrogen-bond acceptors (Lipinski definition) is 5. The number of oxime groups is 1. The lowest BCUT2D eigenvalue weighted by Gasteiger charge is -2.32. The van der Waals surface area contributed by atoms with E-state index in [4.69, 9.17) is 9.57 Å². The van der Waals surface area contributed by atoms with Crippen LogP contribution >= 0.6 is 0 Å². The fourth-order valence-corrected chi connectivity index (χ4v) is 3.32. The van der Waals surface area contributed by atoms with Gasteiger partial charge < -0.3 is 9.57 Å². The predicted molar refractivity (Wildman–Crippen MR) is 87.5 cm³/mol. The molecule has 1 fully saturated rings. The summed E-state index contributed by atoms with van der Waals surface area (Å²) in [5.74, 6) is 0.886. The summed E-state index contributed by atoms with van der Waals surface area (Å²) in [4.78, 5) is 22.6. The Morgan fingerprint density at radius 2 is 2.21 bits per heavy atom. The Bertz CT molecular complexity index is 808. The predicted octanol–water partition coefficient (Wildman–Crippen LogP) is 2.44. The van der Waals surface area contributed by atoms with Crippen molar-refractivity contribution in [2.45, 2.75) is 6.04 Å². The van der Waals surface area contributed by atoms with Crippen molar-refractivity contribution in [1.29, 1.82) is 0 Å². The lowest BCUT2D eigenvalue weighted by molar-refractivity contribution is -0.0862. The summed E-state index contributed by atoms with van der Waals surface area (Å²) >= 11 is 0. The van der Waals surface area contributed by atoms with Crippen LogP contribution in [0.15, 0.2) is 41.6 Å². The first-order valence-electron chi connectivity index (χ1n) is 7.71. The SMILES string of the molecule is CON=CNC(=O)N1OC[C@H]2COc3ccc4ccccc4c3[C@@H]21.